The van der Waals surface area contributed by atoms with Crippen molar-refractivity contribution in [3.8, 4) is 0 Å². The topological polar surface area (TPSA) is 136 Å². The highest BCUT2D eigenvalue weighted by atomic mass is 35.5. The molecule has 0 saturated carbocycles. The van der Waals surface area contributed by atoms with Crippen LogP contribution >= 0.6 is 11.6 Å². The van der Waals surface area contributed by atoms with Crippen LogP contribution in [0.4, 0.5) is 17.1 Å². The number of para-hydroxylation sites is 2. The molecule has 11 heteroatoms. The SMILES string of the molecule is CCOC(=O)/C=C/CNCCCN1c2cc(Cl)ccc2C(=O)N(C)c2ccccc21.O=C(O)/C=C\C(=O)O. The van der Waals surface area contributed by atoms with Gasteiger partial charge in [-0.2, -0.15) is 0 Å². The zero-order valence-corrected chi connectivity index (χ0v) is 21.9. The van der Waals surface area contributed by atoms with Crippen LogP contribution in [-0.2, 0) is 19.1 Å². The number of esters is 1. The Bertz CT molecular complexity index is 1200. The van der Waals surface area contributed by atoms with Crippen LogP contribution in [0.15, 0.2) is 66.8 Å². The molecule has 0 aliphatic carbocycles. The normalized spacial score (nSPS) is 12.4. The quantitative estimate of drug-likeness (QED) is 0.231. The van der Waals surface area contributed by atoms with E-state index in [0.717, 1.165) is 30.0 Å². The lowest BCUT2D eigenvalue weighted by Gasteiger charge is -2.26. The molecule has 202 valence electrons. The van der Waals surface area contributed by atoms with Gasteiger partial charge in [0.2, 0.25) is 0 Å². The zero-order chi connectivity index (χ0) is 28.1. The van der Waals surface area contributed by atoms with E-state index >= 15 is 0 Å². The number of carbonyl (C=O) groups excluding carboxylic acids is 2. The van der Waals surface area contributed by atoms with E-state index in [4.69, 9.17) is 26.6 Å². The summed E-state index contributed by atoms with van der Waals surface area (Å²) in [5.41, 5.74) is 3.27. The summed E-state index contributed by atoms with van der Waals surface area (Å²) in [5, 5.41) is 19.5. The molecule has 0 aromatic heterocycles. The van der Waals surface area contributed by atoms with Crippen LogP contribution in [-0.4, -0.2) is 67.3 Å². The highest BCUT2D eigenvalue weighted by Crippen LogP contribution is 2.40. The van der Waals surface area contributed by atoms with E-state index in [-0.39, 0.29) is 11.9 Å². The molecule has 1 amide bonds. The first-order chi connectivity index (χ1) is 18.1. The molecule has 3 rings (SSSR count). The van der Waals surface area contributed by atoms with Gasteiger partial charge in [-0.3, -0.25) is 4.79 Å². The molecule has 10 nitrogen and oxygen atoms in total. The first kappa shape index (κ1) is 30.1. The average molecular weight is 544 g/mol. The number of nitrogens with one attached hydrogen (secondary N) is 1. The number of carbonyl (C=O) groups is 4. The van der Waals surface area contributed by atoms with Crippen LogP contribution in [0.25, 0.3) is 0 Å². The van der Waals surface area contributed by atoms with Gasteiger partial charge in [0.1, 0.15) is 0 Å². The molecule has 1 aliphatic heterocycles. The van der Waals surface area contributed by atoms with Gasteiger partial charge in [-0.05, 0) is 50.2 Å². The van der Waals surface area contributed by atoms with E-state index < -0.39 is 11.9 Å². The number of hydrogen-bond acceptors (Lipinski definition) is 7. The number of benzene rings is 2. The molecule has 0 fully saturated rings. The van der Waals surface area contributed by atoms with Gasteiger partial charge in [0, 0.05) is 43.4 Å². The van der Waals surface area contributed by atoms with E-state index in [9.17, 15) is 19.2 Å². The van der Waals surface area contributed by atoms with Crippen LogP contribution < -0.4 is 15.1 Å². The number of rotatable bonds is 10. The Kier molecular flexibility index (Phi) is 12.0. The molecule has 2 aromatic carbocycles. The van der Waals surface area contributed by atoms with Crippen LogP contribution in [0.5, 0.6) is 0 Å². The lowest BCUT2D eigenvalue weighted by molar-refractivity contribution is -0.137. The lowest BCUT2D eigenvalue weighted by atomic mass is 10.1. The van der Waals surface area contributed by atoms with Gasteiger partial charge >= 0.3 is 17.9 Å². The third kappa shape index (κ3) is 9.06. The van der Waals surface area contributed by atoms with E-state index in [1.165, 1.54) is 6.08 Å². The summed E-state index contributed by atoms with van der Waals surface area (Å²) in [6.07, 6.45) is 5.14. The fourth-order valence-electron chi connectivity index (χ4n) is 3.58. The maximum atomic E-state index is 13.0. The van der Waals surface area contributed by atoms with Crippen LogP contribution in [0.1, 0.15) is 23.7 Å². The van der Waals surface area contributed by atoms with Crippen LogP contribution in [0, 0.1) is 0 Å². The highest BCUT2D eigenvalue weighted by molar-refractivity contribution is 6.31. The summed E-state index contributed by atoms with van der Waals surface area (Å²) < 4.78 is 4.85. The second kappa shape index (κ2) is 15.2. The van der Waals surface area contributed by atoms with Gasteiger partial charge in [-0.1, -0.05) is 29.8 Å². The summed E-state index contributed by atoms with van der Waals surface area (Å²) in [6.45, 7) is 4.20. The molecule has 3 N–H and O–H groups in total. The van der Waals surface area contributed by atoms with E-state index in [2.05, 4.69) is 10.2 Å². The minimum absolute atomic E-state index is 0.0566. The standard InChI is InChI=1S/C23H26ClN3O3.C4H4O4/c1-3-30-22(28)10-6-13-25-14-7-15-27-20-9-5-4-8-19(20)26(2)23(29)18-12-11-17(24)16-21(18)27;5-3(6)1-2-4(7)8/h4-6,8-12,16,25H,3,7,13-15H2,1-2H3;1-2H,(H,5,6)(H,7,8)/b10-6+;2-1-. The first-order valence-corrected chi connectivity index (χ1v) is 12.2. The minimum Gasteiger partial charge on any atom is -0.478 e. The number of aliphatic carboxylic acids is 2. The molecule has 0 radical (unpaired) electrons. The number of hydrogen-bond donors (Lipinski definition) is 3. The minimum atomic E-state index is -1.26. The van der Waals surface area contributed by atoms with E-state index in [1.54, 1.807) is 37.1 Å². The maximum Gasteiger partial charge on any atom is 0.330 e. The van der Waals surface area contributed by atoms with Crippen LogP contribution in [0.2, 0.25) is 5.02 Å². The summed E-state index contributed by atoms with van der Waals surface area (Å²) >= 11 is 6.26. The molecule has 1 heterocycles. The third-order valence-electron chi connectivity index (χ3n) is 5.23. The fraction of sp³-hybridized carbons (Fsp3) is 0.259. The Balaban J connectivity index is 0.000000550. The molecule has 2 aromatic rings. The molecule has 38 heavy (non-hydrogen) atoms. The first-order valence-electron chi connectivity index (χ1n) is 11.8. The Morgan fingerprint density at radius 2 is 1.66 bits per heavy atom. The zero-order valence-electron chi connectivity index (χ0n) is 21.1. The van der Waals surface area contributed by atoms with Crippen LogP contribution in [0.3, 0.4) is 0 Å². The number of ether oxygens (including phenoxy) is 1. The molecule has 0 atom stereocenters. The summed E-state index contributed by atoms with van der Waals surface area (Å²) in [7, 11) is 1.79. The van der Waals surface area contributed by atoms with E-state index in [0.29, 0.717) is 42.4 Å². The number of amides is 1. The predicted octanol–water partition coefficient (Wildman–Crippen LogP) is 3.88. The number of carboxylic acids is 2. The van der Waals surface area contributed by atoms with Crippen molar-refractivity contribution in [3.63, 3.8) is 0 Å². The highest BCUT2D eigenvalue weighted by Gasteiger charge is 2.28. The van der Waals surface area contributed by atoms with Crippen molar-refractivity contribution in [2.45, 2.75) is 13.3 Å². The average Bonchev–Trinajstić information content (AvgIpc) is 2.96. The molecular weight excluding hydrogens is 514 g/mol. The Morgan fingerprint density at radius 3 is 2.29 bits per heavy atom. The van der Waals surface area contributed by atoms with Crippen molar-refractivity contribution in [3.05, 3.63) is 77.4 Å². The van der Waals surface area contributed by atoms with Crippen molar-refractivity contribution in [1.82, 2.24) is 5.32 Å². The van der Waals surface area contributed by atoms with Crippen molar-refractivity contribution in [2.75, 3.05) is 43.1 Å². The molecule has 0 saturated heterocycles. The predicted molar refractivity (Wildman–Crippen MR) is 145 cm³/mol. The van der Waals surface area contributed by atoms with Gasteiger partial charge < -0.3 is 30.1 Å². The summed E-state index contributed by atoms with van der Waals surface area (Å²) in [5.74, 6) is -2.90. The number of nitrogens with zero attached hydrogens (tertiary/aromatic N) is 2. The largest absolute Gasteiger partial charge is 0.478 e. The molecular formula is C27H30ClN3O7. The Morgan fingerprint density at radius 1 is 1.00 bits per heavy atom. The number of carboxylic acid groups (broad SMARTS) is 2. The van der Waals surface area contributed by atoms with Crippen molar-refractivity contribution >= 4 is 52.5 Å². The van der Waals surface area contributed by atoms with Crippen molar-refractivity contribution < 1.29 is 34.1 Å². The molecule has 0 spiro atoms. The lowest BCUT2D eigenvalue weighted by Crippen LogP contribution is -2.25. The molecule has 1 aliphatic rings. The Hall–Kier alpha value is -4.15. The van der Waals surface area contributed by atoms with Gasteiger partial charge in [0.15, 0.2) is 0 Å². The maximum absolute atomic E-state index is 13.0. The molecule has 0 unspecified atom stereocenters. The van der Waals surface area contributed by atoms with Crippen molar-refractivity contribution in [1.29, 1.82) is 0 Å². The molecule has 0 bridgehead atoms. The number of anilines is 3. The second-order valence-corrected chi connectivity index (χ2v) is 8.32. The van der Waals surface area contributed by atoms with Gasteiger partial charge in [-0.15, -0.1) is 0 Å². The summed E-state index contributed by atoms with van der Waals surface area (Å²) in [4.78, 5) is 47.2. The number of halogens is 1. The van der Waals surface area contributed by atoms with Gasteiger partial charge in [0.25, 0.3) is 5.91 Å². The Labute approximate surface area is 225 Å². The van der Waals surface area contributed by atoms with E-state index in [1.807, 2.05) is 30.3 Å². The monoisotopic (exact) mass is 543 g/mol. The fourth-order valence-corrected chi connectivity index (χ4v) is 3.75. The second-order valence-electron chi connectivity index (χ2n) is 7.89. The van der Waals surface area contributed by atoms with Gasteiger partial charge in [0.05, 0.1) is 29.2 Å². The summed E-state index contributed by atoms with van der Waals surface area (Å²) in [6, 6.07) is 13.3. The smallest absolute Gasteiger partial charge is 0.330 e. The number of fused-ring (bicyclic) bond motifs is 2. The third-order valence-corrected chi connectivity index (χ3v) is 5.46. The van der Waals surface area contributed by atoms with Gasteiger partial charge in [-0.25, -0.2) is 14.4 Å². The van der Waals surface area contributed by atoms with Crippen molar-refractivity contribution in [2.24, 2.45) is 0 Å².